The maximum absolute atomic E-state index is 13.6. The zero-order chi connectivity index (χ0) is 27.6. The van der Waals surface area contributed by atoms with Crippen molar-refractivity contribution in [2.24, 2.45) is 23.0 Å². The van der Waals surface area contributed by atoms with Gasteiger partial charge in [0.1, 0.15) is 22.8 Å². The number of carbonyl (C=O) groups excluding carboxylic acids is 4. The number of nitrogens with two attached hydrogens (primary N) is 1. The fourth-order valence-corrected chi connectivity index (χ4v) is 5.77. The smallest absolute Gasteiger partial charge is 0.255 e. The van der Waals surface area contributed by atoms with Gasteiger partial charge >= 0.3 is 0 Å². The van der Waals surface area contributed by atoms with Crippen LogP contribution in [0.25, 0.3) is 5.76 Å². The van der Waals surface area contributed by atoms with E-state index in [0.29, 0.717) is 17.7 Å². The Kier molecular flexibility index (Phi) is 6.32. The summed E-state index contributed by atoms with van der Waals surface area (Å²) in [6, 6.07) is 1.57. The third kappa shape index (κ3) is 4.14. The monoisotopic (exact) mass is 512 g/mol. The molecule has 37 heavy (non-hydrogen) atoms. The van der Waals surface area contributed by atoms with Crippen LogP contribution in [0.4, 0.5) is 0 Å². The SMILES string of the molecule is CC(=O)c1cc(CNCC(C)(C)C)c(O)c2c1C[C@H]1C[C@H]3CC(=O)C(C(N)=O)=C(O)[C@@]3(O)C(=O)C1=C2O. The molecule has 0 radical (unpaired) electrons. The van der Waals surface area contributed by atoms with Crippen LogP contribution in [0.1, 0.15) is 67.6 Å². The number of benzene rings is 1. The molecule has 1 fully saturated rings. The van der Waals surface area contributed by atoms with Crippen molar-refractivity contribution in [1.29, 1.82) is 0 Å². The third-order valence-corrected chi connectivity index (χ3v) is 7.49. The molecular formula is C27H32N2O8. The molecular weight excluding hydrogens is 480 g/mol. The van der Waals surface area contributed by atoms with E-state index in [0.717, 1.165) is 0 Å². The molecule has 198 valence electrons. The predicted octanol–water partition coefficient (Wildman–Crippen LogP) is 1.76. The van der Waals surface area contributed by atoms with E-state index < -0.39 is 58.4 Å². The number of primary amides is 1. The van der Waals surface area contributed by atoms with E-state index in [4.69, 9.17) is 5.73 Å². The molecule has 0 saturated heterocycles. The van der Waals surface area contributed by atoms with Crippen LogP contribution in [0.3, 0.4) is 0 Å². The number of amides is 1. The lowest BCUT2D eigenvalue weighted by molar-refractivity contribution is -0.147. The molecule has 10 heteroatoms. The van der Waals surface area contributed by atoms with Crippen molar-refractivity contribution in [2.75, 3.05) is 6.54 Å². The summed E-state index contributed by atoms with van der Waals surface area (Å²) in [7, 11) is 0. The first-order valence-corrected chi connectivity index (χ1v) is 12.2. The predicted molar refractivity (Wildman–Crippen MR) is 133 cm³/mol. The maximum atomic E-state index is 13.6. The van der Waals surface area contributed by atoms with Crippen LogP contribution in [0.2, 0.25) is 0 Å². The molecule has 0 unspecified atom stereocenters. The first kappa shape index (κ1) is 26.6. The molecule has 7 N–H and O–H groups in total. The van der Waals surface area contributed by atoms with Crippen molar-refractivity contribution >= 4 is 29.0 Å². The molecule has 3 atom stereocenters. The lowest BCUT2D eigenvalue weighted by Crippen LogP contribution is -2.58. The Labute approximate surface area is 213 Å². The van der Waals surface area contributed by atoms with Gasteiger partial charge in [0.2, 0.25) is 5.78 Å². The summed E-state index contributed by atoms with van der Waals surface area (Å²) < 4.78 is 0. The number of ketones is 3. The van der Waals surface area contributed by atoms with Gasteiger partial charge in [0.05, 0.1) is 5.56 Å². The number of aliphatic hydroxyl groups is 3. The van der Waals surface area contributed by atoms with Gasteiger partial charge in [-0.2, -0.15) is 0 Å². The minimum atomic E-state index is -2.62. The number of aliphatic hydroxyl groups excluding tert-OH is 2. The molecule has 3 aliphatic carbocycles. The van der Waals surface area contributed by atoms with Gasteiger partial charge in [-0.15, -0.1) is 0 Å². The normalized spacial score (nSPS) is 25.5. The van der Waals surface area contributed by atoms with Crippen LogP contribution >= 0.6 is 0 Å². The first-order valence-electron chi connectivity index (χ1n) is 12.2. The summed E-state index contributed by atoms with van der Waals surface area (Å²) in [4.78, 5) is 50.4. The van der Waals surface area contributed by atoms with Crippen molar-refractivity contribution in [3.63, 3.8) is 0 Å². The van der Waals surface area contributed by atoms with Crippen molar-refractivity contribution in [2.45, 2.75) is 59.1 Å². The molecule has 4 rings (SSSR count). The van der Waals surface area contributed by atoms with E-state index in [9.17, 15) is 39.6 Å². The highest BCUT2D eigenvalue weighted by Gasteiger charge is 2.60. The van der Waals surface area contributed by atoms with Crippen LogP contribution in [-0.2, 0) is 27.3 Å². The quantitative estimate of drug-likeness (QED) is 0.252. The lowest BCUT2D eigenvalue weighted by Gasteiger charge is -2.46. The Morgan fingerprint density at radius 3 is 2.38 bits per heavy atom. The van der Waals surface area contributed by atoms with E-state index in [1.807, 2.05) is 20.8 Å². The molecule has 0 bridgehead atoms. The van der Waals surface area contributed by atoms with Gasteiger partial charge in [0, 0.05) is 42.1 Å². The summed E-state index contributed by atoms with van der Waals surface area (Å²) in [5.74, 6) is -7.19. The zero-order valence-electron chi connectivity index (χ0n) is 21.3. The number of rotatable bonds is 5. The van der Waals surface area contributed by atoms with Crippen LogP contribution in [-0.4, -0.2) is 55.8 Å². The minimum absolute atomic E-state index is 0.00983. The zero-order valence-corrected chi connectivity index (χ0v) is 21.3. The standard InChI is InChI=1S/C27H32N2O8/c1-11(30)15-7-13(9-29-10-26(2,3)4)21(32)19-16(15)6-12-5-14-8-17(31)20(25(28)36)24(35)27(14,37)23(34)18(12)22(19)33/h7,12,14,29,32-33,35,37H,5-6,8-10H2,1-4H3,(H2,28,36)/t12-,14+,27+/m1/s1. The van der Waals surface area contributed by atoms with E-state index in [1.54, 1.807) is 6.07 Å². The van der Waals surface area contributed by atoms with Gasteiger partial charge in [-0.3, -0.25) is 19.2 Å². The van der Waals surface area contributed by atoms with Crippen molar-refractivity contribution in [3.8, 4) is 5.75 Å². The fourth-order valence-electron chi connectivity index (χ4n) is 5.77. The Hall–Kier alpha value is -3.50. The summed E-state index contributed by atoms with van der Waals surface area (Å²) in [6.45, 7) is 8.26. The molecule has 0 spiro atoms. The van der Waals surface area contributed by atoms with E-state index >= 15 is 0 Å². The Morgan fingerprint density at radius 2 is 1.81 bits per heavy atom. The van der Waals surface area contributed by atoms with Crippen molar-refractivity contribution in [1.82, 2.24) is 5.32 Å². The van der Waals surface area contributed by atoms with Crippen LogP contribution < -0.4 is 11.1 Å². The van der Waals surface area contributed by atoms with Gasteiger partial charge in [-0.05, 0) is 42.7 Å². The molecule has 1 amide bonds. The average Bonchev–Trinajstić information content (AvgIpc) is 2.76. The van der Waals surface area contributed by atoms with Gasteiger partial charge < -0.3 is 31.5 Å². The highest BCUT2D eigenvalue weighted by Crippen LogP contribution is 2.52. The minimum Gasteiger partial charge on any atom is -0.508 e. The van der Waals surface area contributed by atoms with Crippen LogP contribution in [0, 0.1) is 17.3 Å². The highest BCUT2D eigenvalue weighted by atomic mass is 16.3. The largest absolute Gasteiger partial charge is 0.508 e. The molecule has 10 nitrogen and oxygen atoms in total. The molecule has 0 heterocycles. The third-order valence-electron chi connectivity index (χ3n) is 7.49. The molecule has 1 aromatic carbocycles. The van der Waals surface area contributed by atoms with Crippen LogP contribution in [0.15, 0.2) is 23.0 Å². The number of aromatic hydroxyl groups is 1. The van der Waals surface area contributed by atoms with Gasteiger partial charge in [-0.1, -0.05) is 20.8 Å². The summed E-state index contributed by atoms with van der Waals surface area (Å²) >= 11 is 0. The van der Waals surface area contributed by atoms with Gasteiger partial charge in [0.15, 0.2) is 17.2 Å². The van der Waals surface area contributed by atoms with Gasteiger partial charge in [0.25, 0.3) is 5.91 Å². The second kappa shape index (κ2) is 8.81. The van der Waals surface area contributed by atoms with E-state index in [1.165, 1.54) is 6.92 Å². The van der Waals surface area contributed by atoms with Gasteiger partial charge in [-0.25, -0.2) is 0 Å². The average molecular weight is 513 g/mol. The molecule has 3 aliphatic rings. The summed E-state index contributed by atoms with van der Waals surface area (Å²) in [6.07, 6.45) is -0.298. The number of fused-ring (bicyclic) bond motifs is 3. The van der Waals surface area contributed by atoms with E-state index in [-0.39, 0.29) is 53.0 Å². The van der Waals surface area contributed by atoms with E-state index in [2.05, 4.69) is 5.32 Å². The number of nitrogens with one attached hydrogen (secondary N) is 1. The fraction of sp³-hybridized carbons (Fsp3) is 0.481. The second-order valence-electron chi connectivity index (χ2n) is 11.4. The van der Waals surface area contributed by atoms with Crippen LogP contribution in [0.5, 0.6) is 5.75 Å². The van der Waals surface area contributed by atoms with Crippen molar-refractivity contribution in [3.05, 3.63) is 45.2 Å². The Bertz CT molecular complexity index is 1320. The Balaban J connectivity index is 1.87. The number of Topliss-reactive ketones (excluding diaryl/α,β-unsaturated/α-hetero) is 3. The number of carbonyl (C=O) groups is 4. The van der Waals surface area contributed by atoms with Crippen molar-refractivity contribution < 1.29 is 39.6 Å². The Morgan fingerprint density at radius 1 is 1.16 bits per heavy atom. The maximum Gasteiger partial charge on any atom is 0.255 e. The first-order chi connectivity index (χ1) is 17.1. The number of hydrogen-bond acceptors (Lipinski definition) is 9. The number of hydrogen-bond donors (Lipinski definition) is 6. The highest BCUT2D eigenvalue weighted by molar-refractivity contribution is 6.22. The molecule has 0 aromatic heterocycles. The topological polar surface area (TPSA) is 187 Å². The second-order valence-corrected chi connectivity index (χ2v) is 11.4. The molecule has 1 saturated carbocycles. The summed E-state index contributed by atoms with van der Waals surface area (Å²) in [5, 5.41) is 47.7. The lowest BCUT2D eigenvalue weighted by atomic mass is 9.59. The summed E-state index contributed by atoms with van der Waals surface area (Å²) in [5.41, 5.74) is 2.40. The molecule has 0 aliphatic heterocycles. The number of phenols is 1. The number of phenolic OH excluding ortho intramolecular Hbond substituents is 1. The molecule has 1 aromatic rings.